The summed E-state index contributed by atoms with van der Waals surface area (Å²) in [6.07, 6.45) is 4.08. The number of nitrogens with zero attached hydrogens (tertiary/aromatic N) is 1. The second-order valence-electron chi connectivity index (χ2n) is 6.72. The lowest BCUT2D eigenvalue weighted by Crippen LogP contribution is -2.44. The number of carbonyl (C=O) groups excluding carboxylic acids is 3. The van der Waals surface area contributed by atoms with Crippen LogP contribution in [0.15, 0.2) is 30.3 Å². The summed E-state index contributed by atoms with van der Waals surface area (Å²) in [5.41, 5.74) is 0.230. The standard InChI is InChI=1S/C20H23N3O3/c24-17(21-14-6-10-16-8-2-1-3-9-16)11-7-15-23-18(25)20(22-19(23)26)12-4-5-13-20/h1-3,8-9H,4-5,7,11-15H2,(H,21,24)(H,22,26). The highest BCUT2D eigenvalue weighted by atomic mass is 16.2. The summed E-state index contributed by atoms with van der Waals surface area (Å²) in [5.74, 6) is 5.61. The van der Waals surface area contributed by atoms with Crippen molar-refractivity contribution in [3.8, 4) is 11.8 Å². The SMILES string of the molecule is O=C(CCCN1C(=O)NC2(CCCC2)C1=O)NCC#Cc1ccccc1. The summed E-state index contributed by atoms with van der Waals surface area (Å²) >= 11 is 0. The number of hydrogen-bond donors (Lipinski definition) is 2. The van der Waals surface area contributed by atoms with Gasteiger partial charge in [0.2, 0.25) is 5.91 Å². The minimum absolute atomic E-state index is 0.130. The van der Waals surface area contributed by atoms with Gasteiger partial charge in [0.15, 0.2) is 0 Å². The van der Waals surface area contributed by atoms with Crippen LogP contribution in [0, 0.1) is 11.8 Å². The third-order valence-electron chi connectivity index (χ3n) is 4.87. The summed E-state index contributed by atoms with van der Waals surface area (Å²) < 4.78 is 0. The number of amides is 4. The fourth-order valence-corrected chi connectivity index (χ4v) is 3.49. The van der Waals surface area contributed by atoms with E-state index in [0.29, 0.717) is 19.3 Å². The lowest BCUT2D eigenvalue weighted by molar-refractivity contribution is -0.131. The van der Waals surface area contributed by atoms with Crippen LogP contribution in [-0.2, 0) is 9.59 Å². The third-order valence-corrected chi connectivity index (χ3v) is 4.87. The monoisotopic (exact) mass is 353 g/mol. The lowest BCUT2D eigenvalue weighted by Gasteiger charge is -2.19. The van der Waals surface area contributed by atoms with E-state index < -0.39 is 5.54 Å². The Labute approximate surface area is 153 Å². The fourth-order valence-electron chi connectivity index (χ4n) is 3.49. The van der Waals surface area contributed by atoms with Crippen molar-refractivity contribution >= 4 is 17.8 Å². The van der Waals surface area contributed by atoms with Crippen LogP contribution in [0.25, 0.3) is 0 Å². The molecule has 1 saturated heterocycles. The molecule has 2 aliphatic rings. The average Bonchev–Trinajstić information content (AvgIpc) is 3.20. The maximum atomic E-state index is 12.5. The molecule has 6 heteroatoms. The topological polar surface area (TPSA) is 78.5 Å². The van der Waals surface area contributed by atoms with Crippen LogP contribution in [0.1, 0.15) is 44.1 Å². The van der Waals surface area contributed by atoms with Gasteiger partial charge in [0.1, 0.15) is 5.54 Å². The predicted octanol–water partition coefficient (Wildman–Crippen LogP) is 1.80. The van der Waals surface area contributed by atoms with Crippen LogP contribution in [0.4, 0.5) is 4.79 Å². The van der Waals surface area contributed by atoms with E-state index in [0.717, 1.165) is 18.4 Å². The van der Waals surface area contributed by atoms with Gasteiger partial charge < -0.3 is 10.6 Å². The van der Waals surface area contributed by atoms with Crippen LogP contribution in [-0.4, -0.2) is 41.4 Å². The quantitative estimate of drug-likeness (QED) is 0.626. The minimum atomic E-state index is -0.674. The van der Waals surface area contributed by atoms with Crippen molar-refractivity contribution in [3.05, 3.63) is 35.9 Å². The summed E-state index contributed by atoms with van der Waals surface area (Å²) in [5, 5.41) is 5.58. The molecule has 0 unspecified atom stereocenters. The fraction of sp³-hybridized carbons (Fsp3) is 0.450. The molecule has 1 aliphatic heterocycles. The van der Waals surface area contributed by atoms with Gasteiger partial charge in [-0.05, 0) is 31.4 Å². The molecule has 3 rings (SSSR count). The zero-order valence-electron chi connectivity index (χ0n) is 14.7. The highest BCUT2D eigenvalue weighted by molar-refractivity contribution is 6.07. The number of nitrogens with one attached hydrogen (secondary N) is 2. The minimum Gasteiger partial charge on any atom is -0.345 e. The number of carbonyl (C=O) groups is 3. The highest BCUT2D eigenvalue weighted by Gasteiger charge is 2.51. The lowest BCUT2D eigenvalue weighted by atomic mass is 9.98. The van der Waals surface area contributed by atoms with Crippen LogP contribution >= 0.6 is 0 Å². The third kappa shape index (κ3) is 4.05. The zero-order chi connectivity index (χ0) is 18.4. The molecule has 4 amide bonds. The molecule has 2 fully saturated rings. The first-order valence-electron chi connectivity index (χ1n) is 9.05. The highest BCUT2D eigenvalue weighted by Crippen LogP contribution is 2.35. The maximum absolute atomic E-state index is 12.5. The van der Waals surface area contributed by atoms with Gasteiger partial charge in [0.05, 0.1) is 6.54 Å². The van der Waals surface area contributed by atoms with Gasteiger partial charge in [-0.3, -0.25) is 14.5 Å². The van der Waals surface area contributed by atoms with Crippen molar-refractivity contribution in [1.29, 1.82) is 0 Å². The Balaban J connectivity index is 1.38. The normalized spacial score (nSPS) is 17.8. The van der Waals surface area contributed by atoms with Gasteiger partial charge >= 0.3 is 6.03 Å². The van der Waals surface area contributed by atoms with E-state index in [1.165, 1.54) is 4.90 Å². The van der Waals surface area contributed by atoms with Gasteiger partial charge in [-0.25, -0.2) is 4.79 Å². The van der Waals surface area contributed by atoms with Crippen LogP contribution < -0.4 is 10.6 Å². The Bertz CT molecular complexity index is 743. The van der Waals surface area contributed by atoms with Gasteiger partial charge in [0, 0.05) is 18.5 Å². The summed E-state index contributed by atoms with van der Waals surface area (Å²) in [6, 6.07) is 9.23. The van der Waals surface area contributed by atoms with Crippen LogP contribution in [0.3, 0.4) is 0 Å². The Kier molecular flexibility index (Phi) is 5.57. The molecule has 1 spiro atoms. The van der Waals surface area contributed by atoms with Crippen molar-refractivity contribution in [2.45, 2.75) is 44.1 Å². The zero-order valence-corrected chi connectivity index (χ0v) is 14.7. The first-order valence-corrected chi connectivity index (χ1v) is 9.05. The predicted molar refractivity (Wildman–Crippen MR) is 97.0 cm³/mol. The molecule has 1 aliphatic carbocycles. The average molecular weight is 353 g/mol. The number of hydrogen-bond acceptors (Lipinski definition) is 3. The summed E-state index contributed by atoms with van der Waals surface area (Å²) in [4.78, 5) is 37.6. The Morgan fingerprint density at radius 2 is 1.92 bits per heavy atom. The molecule has 2 N–H and O–H groups in total. The number of benzene rings is 1. The van der Waals surface area contributed by atoms with Crippen molar-refractivity contribution in [2.75, 3.05) is 13.1 Å². The molecule has 1 saturated carbocycles. The van der Waals surface area contributed by atoms with E-state index in [4.69, 9.17) is 0 Å². The molecule has 0 aromatic heterocycles. The molecular weight excluding hydrogens is 330 g/mol. The molecule has 6 nitrogen and oxygen atoms in total. The molecule has 0 radical (unpaired) electrons. The Morgan fingerprint density at radius 1 is 1.19 bits per heavy atom. The second kappa shape index (κ2) is 8.05. The first-order chi connectivity index (χ1) is 12.6. The van der Waals surface area contributed by atoms with E-state index in [1.807, 2.05) is 30.3 Å². The van der Waals surface area contributed by atoms with Crippen molar-refractivity contribution in [3.63, 3.8) is 0 Å². The summed E-state index contributed by atoms with van der Waals surface area (Å²) in [7, 11) is 0. The number of urea groups is 1. The van der Waals surface area contributed by atoms with Crippen molar-refractivity contribution < 1.29 is 14.4 Å². The Hall–Kier alpha value is -2.81. The molecule has 1 aromatic rings. The molecule has 136 valence electrons. The molecular formula is C20H23N3O3. The first kappa shape index (κ1) is 18.0. The van der Waals surface area contributed by atoms with Crippen LogP contribution in [0.2, 0.25) is 0 Å². The molecule has 1 heterocycles. The van der Waals surface area contributed by atoms with Crippen molar-refractivity contribution in [1.82, 2.24) is 15.5 Å². The van der Waals surface area contributed by atoms with E-state index in [2.05, 4.69) is 22.5 Å². The second-order valence-corrected chi connectivity index (χ2v) is 6.72. The van der Waals surface area contributed by atoms with Crippen molar-refractivity contribution in [2.24, 2.45) is 0 Å². The number of rotatable bonds is 5. The van der Waals surface area contributed by atoms with E-state index >= 15 is 0 Å². The van der Waals surface area contributed by atoms with Gasteiger partial charge in [-0.1, -0.05) is 42.9 Å². The molecule has 0 bridgehead atoms. The smallest absolute Gasteiger partial charge is 0.325 e. The maximum Gasteiger partial charge on any atom is 0.325 e. The summed E-state index contributed by atoms with van der Waals surface area (Å²) in [6.45, 7) is 0.551. The largest absolute Gasteiger partial charge is 0.345 e. The van der Waals surface area contributed by atoms with E-state index in [9.17, 15) is 14.4 Å². The molecule has 26 heavy (non-hydrogen) atoms. The van der Waals surface area contributed by atoms with Gasteiger partial charge in [0.25, 0.3) is 5.91 Å². The van der Waals surface area contributed by atoms with Crippen LogP contribution in [0.5, 0.6) is 0 Å². The van der Waals surface area contributed by atoms with Gasteiger partial charge in [-0.15, -0.1) is 0 Å². The molecule has 1 aromatic carbocycles. The van der Waals surface area contributed by atoms with E-state index in [1.54, 1.807) is 0 Å². The van der Waals surface area contributed by atoms with E-state index in [-0.39, 0.29) is 37.4 Å². The molecule has 0 atom stereocenters. The van der Waals surface area contributed by atoms with Gasteiger partial charge in [-0.2, -0.15) is 0 Å². The Morgan fingerprint density at radius 3 is 2.65 bits per heavy atom. The number of imide groups is 1.